The van der Waals surface area contributed by atoms with Gasteiger partial charge in [0.05, 0.1) is 5.69 Å². The molecule has 0 fully saturated rings. The highest BCUT2D eigenvalue weighted by atomic mass is 32.1. The second kappa shape index (κ2) is 5.55. The maximum absolute atomic E-state index is 12.6. The zero-order valence-electron chi connectivity index (χ0n) is 13.1. The van der Waals surface area contributed by atoms with Crippen molar-refractivity contribution in [2.45, 2.75) is 20.8 Å². The standard InChI is InChI=1S/C17H17N3O2S/c1-8-5-4-6-11(10(8)3)19-16(22)15-14(18)13-9(2)7-12(21)20-17(13)23-15/h4-7H,18H2,1-3H3,(H,19,22)(H,20,21). The van der Waals surface area contributed by atoms with E-state index in [9.17, 15) is 9.59 Å². The molecule has 0 spiro atoms. The first-order valence-electron chi connectivity index (χ1n) is 7.18. The van der Waals surface area contributed by atoms with Crippen LogP contribution in [0.2, 0.25) is 0 Å². The average Bonchev–Trinajstić information content (AvgIpc) is 2.81. The highest BCUT2D eigenvalue weighted by molar-refractivity contribution is 7.21. The van der Waals surface area contributed by atoms with E-state index in [-0.39, 0.29) is 11.5 Å². The van der Waals surface area contributed by atoms with E-state index >= 15 is 0 Å². The zero-order chi connectivity index (χ0) is 16.7. The summed E-state index contributed by atoms with van der Waals surface area (Å²) >= 11 is 1.20. The van der Waals surface area contributed by atoms with Crippen LogP contribution in [0.4, 0.5) is 11.4 Å². The molecular weight excluding hydrogens is 310 g/mol. The SMILES string of the molecule is Cc1cccc(NC(=O)c2sc3[nH]c(=O)cc(C)c3c2N)c1C. The highest BCUT2D eigenvalue weighted by Crippen LogP contribution is 2.34. The van der Waals surface area contributed by atoms with E-state index in [0.29, 0.717) is 15.4 Å². The van der Waals surface area contributed by atoms with Crippen molar-refractivity contribution in [3.63, 3.8) is 0 Å². The van der Waals surface area contributed by atoms with Crippen molar-refractivity contribution in [2.24, 2.45) is 0 Å². The average molecular weight is 327 g/mol. The van der Waals surface area contributed by atoms with E-state index in [2.05, 4.69) is 10.3 Å². The third-order valence-corrected chi connectivity index (χ3v) is 5.10. The smallest absolute Gasteiger partial charge is 0.267 e. The number of pyridine rings is 1. The monoisotopic (exact) mass is 327 g/mol. The number of nitrogen functional groups attached to an aromatic ring is 1. The molecule has 0 bridgehead atoms. The minimum absolute atomic E-state index is 0.197. The van der Waals surface area contributed by atoms with Crippen molar-refractivity contribution in [2.75, 3.05) is 11.1 Å². The van der Waals surface area contributed by atoms with Crippen LogP contribution in [-0.2, 0) is 0 Å². The molecule has 0 aliphatic heterocycles. The Bertz CT molecular complexity index is 985. The number of carbonyl (C=O) groups is 1. The number of rotatable bonds is 2. The second-order valence-electron chi connectivity index (χ2n) is 5.57. The van der Waals surface area contributed by atoms with E-state index in [0.717, 1.165) is 27.8 Å². The molecule has 3 rings (SSSR count). The lowest BCUT2D eigenvalue weighted by atomic mass is 10.1. The van der Waals surface area contributed by atoms with Crippen LogP contribution >= 0.6 is 11.3 Å². The normalized spacial score (nSPS) is 10.9. The number of fused-ring (bicyclic) bond motifs is 1. The van der Waals surface area contributed by atoms with Gasteiger partial charge in [-0.25, -0.2) is 0 Å². The van der Waals surface area contributed by atoms with Crippen LogP contribution in [0, 0.1) is 20.8 Å². The molecule has 118 valence electrons. The molecule has 0 unspecified atom stereocenters. The lowest BCUT2D eigenvalue weighted by Gasteiger charge is -2.09. The summed E-state index contributed by atoms with van der Waals surface area (Å²) in [5, 5.41) is 3.64. The van der Waals surface area contributed by atoms with Crippen LogP contribution < -0.4 is 16.6 Å². The van der Waals surface area contributed by atoms with Gasteiger partial charge in [0.25, 0.3) is 5.91 Å². The predicted molar refractivity (Wildman–Crippen MR) is 95.5 cm³/mol. The molecular formula is C17H17N3O2S. The number of H-pyrrole nitrogens is 1. The van der Waals surface area contributed by atoms with E-state index in [1.165, 1.54) is 17.4 Å². The molecule has 0 saturated heterocycles. The molecule has 4 N–H and O–H groups in total. The first-order valence-corrected chi connectivity index (χ1v) is 7.99. The number of hydrogen-bond acceptors (Lipinski definition) is 4. The van der Waals surface area contributed by atoms with Gasteiger partial charge in [0, 0.05) is 17.1 Å². The van der Waals surface area contributed by atoms with Crippen molar-refractivity contribution in [1.82, 2.24) is 4.98 Å². The van der Waals surface area contributed by atoms with Gasteiger partial charge in [-0.2, -0.15) is 0 Å². The Morgan fingerprint density at radius 2 is 1.96 bits per heavy atom. The van der Waals surface area contributed by atoms with Gasteiger partial charge in [-0.1, -0.05) is 12.1 Å². The molecule has 0 radical (unpaired) electrons. The Morgan fingerprint density at radius 1 is 1.22 bits per heavy atom. The van der Waals surface area contributed by atoms with Crippen LogP contribution in [0.25, 0.3) is 10.2 Å². The number of aryl methyl sites for hydroxylation is 2. The van der Waals surface area contributed by atoms with E-state index in [1.807, 2.05) is 39.0 Å². The number of nitrogens with one attached hydrogen (secondary N) is 2. The number of thiophene rings is 1. The van der Waals surface area contributed by atoms with Crippen LogP contribution in [0.15, 0.2) is 29.1 Å². The van der Waals surface area contributed by atoms with Gasteiger partial charge in [0.2, 0.25) is 5.56 Å². The summed E-state index contributed by atoms with van der Waals surface area (Å²) in [7, 11) is 0. The Hall–Kier alpha value is -2.60. The van der Waals surface area contributed by atoms with Crippen LogP contribution in [0.5, 0.6) is 0 Å². The first kappa shape index (κ1) is 15.3. The molecule has 3 aromatic rings. The number of hydrogen-bond donors (Lipinski definition) is 3. The van der Waals surface area contributed by atoms with Gasteiger partial charge in [-0.15, -0.1) is 11.3 Å². The van der Waals surface area contributed by atoms with Crippen LogP contribution in [0.1, 0.15) is 26.4 Å². The molecule has 0 atom stereocenters. The first-order chi connectivity index (χ1) is 10.9. The summed E-state index contributed by atoms with van der Waals surface area (Å²) in [6, 6.07) is 7.23. The minimum Gasteiger partial charge on any atom is -0.397 e. The van der Waals surface area contributed by atoms with Crippen LogP contribution in [0.3, 0.4) is 0 Å². The summed E-state index contributed by atoms with van der Waals surface area (Å²) in [5.41, 5.74) is 10.00. The Labute approximate surface area is 137 Å². The van der Waals surface area contributed by atoms with Crippen molar-refractivity contribution < 1.29 is 4.79 Å². The molecule has 0 aliphatic carbocycles. The summed E-state index contributed by atoms with van der Waals surface area (Å²) < 4.78 is 0. The molecule has 6 heteroatoms. The topological polar surface area (TPSA) is 88.0 Å². The zero-order valence-corrected chi connectivity index (χ0v) is 13.9. The third kappa shape index (κ3) is 2.61. The minimum atomic E-state index is -0.266. The molecule has 1 aromatic carbocycles. The van der Waals surface area contributed by atoms with Gasteiger partial charge >= 0.3 is 0 Å². The third-order valence-electron chi connectivity index (χ3n) is 3.98. The number of carbonyl (C=O) groups excluding carboxylic acids is 1. The maximum Gasteiger partial charge on any atom is 0.267 e. The van der Waals surface area contributed by atoms with Gasteiger partial charge < -0.3 is 16.0 Å². The fourth-order valence-corrected chi connectivity index (χ4v) is 3.66. The predicted octanol–water partition coefficient (Wildman–Crippen LogP) is 3.35. The van der Waals surface area contributed by atoms with E-state index in [1.54, 1.807) is 0 Å². The summed E-state index contributed by atoms with van der Waals surface area (Å²) in [5.74, 6) is -0.266. The summed E-state index contributed by atoms with van der Waals surface area (Å²) in [4.78, 5) is 27.9. The maximum atomic E-state index is 12.6. The molecule has 5 nitrogen and oxygen atoms in total. The van der Waals surface area contributed by atoms with Crippen molar-refractivity contribution in [1.29, 1.82) is 0 Å². The lowest BCUT2D eigenvalue weighted by Crippen LogP contribution is -2.13. The molecule has 1 amide bonds. The van der Waals surface area contributed by atoms with Crippen molar-refractivity contribution in [3.8, 4) is 0 Å². The van der Waals surface area contributed by atoms with E-state index in [4.69, 9.17) is 5.73 Å². The fraction of sp³-hybridized carbons (Fsp3) is 0.176. The number of nitrogens with two attached hydrogens (primary N) is 1. The Kier molecular flexibility index (Phi) is 3.69. The molecule has 2 aromatic heterocycles. The number of benzene rings is 1. The van der Waals surface area contributed by atoms with Gasteiger partial charge in [-0.3, -0.25) is 9.59 Å². The summed E-state index contributed by atoms with van der Waals surface area (Å²) in [6.45, 7) is 5.76. The van der Waals surface area contributed by atoms with Gasteiger partial charge in [-0.05, 0) is 43.5 Å². The fourth-order valence-electron chi connectivity index (χ4n) is 2.57. The number of aromatic amines is 1. The quantitative estimate of drug-likeness (QED) is 0.674. The van der Waals surface area contributed by atoms with Crippen LogP contribution in [-0.4, -0.2) is 10.9 Å². The van der Waals surface area contributed by atoms with Gasteiger partial charge in [0.1, 0.15) is 9.71 Å². The largest absolute Gasteiger partial charge is 0.397 e. The van der Waals surface area contributed by atoms with E-state index < -0.39 is 0 Å². The summed E-state index contributed by atoms with van der Waals surface area (Å²) in [6.07, 6.45) is 0. The molecule has 23 heavy (non-hydrogen) atoms. The molecule has 0 saturated carbocycles. The molecule has 2 heterocycles. The number of aromatic nitrogens is 1. The highest BCUT2D eigenvalue weighted by Gasteiger charge is 2.19. The number of amides is 1. The van der Waals surface area contributed by atoms with Crippen molar-refractivity contribution in [3.05, 3.63) is 56.2 Å². The van der Waals surface area contributed by atoms with Gasteiger partial charge in [0.15, 0.2) is 0 Å². The number of anilines is 2. The van der Waals surface area contributed by atoms with Crippen molar-refractivity contribution >= 4 is 38.8 Å². The Balaban J connectivity index is 2.05. The Morgan fingerprint density at radius 3 is 2.70 bits per heavy atom. The molecule has 0 aliphatic rings. The second-order valence-corrected chi connectivity index (χ2v) is 6.59. The lowest BCUT2D eigenvalue weighted by molar-refractivity contribution is 0.103.